The number of ether oxygens (including phenoxy) is 2. The third-order valence-electron chi connectivity index (χ3n) is 3.83. The van der Waals surface area contributed by atoms with E-state index in [0.717, 1.165) is 29.8 Å². The molecule has 4 heteroatoms. The van der Waals surface area contributed by atoms with E-state index in [1.807, 2.05) is 30.0 Å². The molecule has 2 bridgehead atoms. The largest absolute Gasteiger partial charge is 0.497 e. The zero-order valence-electron chi connectivity index (χ0n) is 10.7. The van der Waals surface area contributed by atoms with Gasteiger partial charge >= 0.3 is 0 Å². The summed E-state index contributed by atoms with van der Waals surface area (Å²) in [6.45, 7) is 3.36. The van der Waals surface area contributed by atoms with Crippen LogP contribution in [-0.4, -0.2) is 43.2 Å². The molecule has 0 saturated carbocycles. The molecule has 4 nitrogen and oxygen atoms in total. The van der Waals surface area contributed by atoms with Gasteiger partial charge in [-0.15, -0.1) is 0 Å². The Morgan fingerprint density at radius 1 is 1.50 bits per heavy atom. The molecule has 2 aliphatic rings. The summed E-state index contributed by atoms with van der Waals surface area (Å²) in [4.78, 5) is 14.4. The topological polar surface area (TPSA) is 38.8 Å². The van der Waals surface area contributed by atoms with Crippen LogP contribution >= 0.6 is 0 Å². The second kappa shape index (κ2) is 4.28. The average Bonchev–Trinajstić information content (AvgIpc) is 3.00. The monoisotopic (exact) mass is 247 g/mol. The van der Waals surface area contributed by atoms with Gasteiger partial charge in [0, 0.05) is 12.1 Å². The number of morpholine rings is 1. The van der Waals surface area contributed by atoms with Gasteiger partial charge < -0.3 is 14.4 Å². The Balaban J connectivity index is 1.84. The third kappa shape index (κ3) is 1.77. The van der Waals surface area contributed by atoms with E-state index in [9.17, 15) is 4.79 Å². The van der Waals surface area contributed by atoms with Gasteiger partial charge in [0.05, 0.1) is 25.9 Å². The number of nitrogens with zero attached hydrogens (tertiary/aromatic N) is 1. The molecular formula is C14H17NO3. The lowest BCUT2D eigenvalue weighted by atomic mass is 10.1. The highest BCUT2D eigenvalue weighted by Crippen LogP contribution is 2.30. The van der Waals surface area contributed by atoms with Gasteiger partial charge in [-0.25, -0.2) is 0 Å². The van der Waals surface area contributed by atoms with Crippen molar-refractivity contribution < 1.29 is 14.3 Å². The Labute approximate surface area is 106 Å². The highest BCUT2D eigenvalue weighted by molar-refractivity contribution is 5.96. The molecule has 0 aromatic heterocycles. The van der Waals surface area contributed by atoms with Gasteiger partial charge in [-0.2, -0.15) is 0 Å². The molecule has 2 atom stereocenters. The Morgan fingerprint density at radius 2 is 2.33 bits per heavy atom. The van der Waals surface area contributed by atoms with E-state index in [-0.39, 0.29) is 18.1 Å². The van der Waals surface area contributed by atoms with Crippen molar-refractivity contribution in [1.82, 2.24) is 4.90 Å². The van der Waals surface area contributed by atoms with Crippen LogP contribution in [0, 0.1) is 6.92 Å². The lowest BCUT2D eigenvalue weighted by molar-refractivity contribution is 0.0258. The molecule has 2 aliphatic heterocycles. The average molecular weight is 247 g/mol. The third-order valence-corrected chi connectivity index (χ3v) is 3.83. The molecule has 1 aromatic rings. The molecule has 1 amide bonds. The van der Waals surface area contributed by atoms with E-state index < -0.39 is 0 Å². The lowest BCUT2D eigenvalue weighted by Gasteiger charge is -2.27. The molecule has 1 aromatic carbocycles. The Kier molecular flexibility index (Phi) is 2.74. The van der Waals surface area contributed by atoms with Crippen molar-refractivity contribution >= 4 is 5.91 Å². The van der Waals surface area contributed by atoms with Crippen molar-refractivity contribution in [2.75, 3.05) is 20.3 Å². The van der Waals surface area contributed by atoms with Crippen molar-refractivity contribution in [1.29, 1.82) is 0 Å². The van der Waals surface area contributed by atoms with Crippen LogP contribution in [0.2, 0.25) is 0 Å². The standard InChI is InChI=1S/C14H17NO3/c1-9-5-11(17-2)3-4-13(9)14(16)15-7-12-6-10(15)8-18-12/h3-5,10,12H,6-8H2,1-2H3/t10-,12+/m0/s1. The maximum atomic E-state index is 12.5. The molecule has 18 heavy (non-hydrogen) atoms. The fourth-order valence-corrected chi connectivity index (χ4v) is 2.81. The van der Waals surface area contributed by atoms with Gasteiger partial charge in [-0.1, -0.05) is 0 Å². The zero-order chi connectivity index (χ0) is 12.7. The minimum absolute atomic E-state index is 0.117. The maximum absolute atomic E-state index is 12.5. The van der Waals surface area contributed by atoms with Crippen LogP contribution in [-0.2, 0) is 4.74 Å². The summed E-state index contributed by atoms with van der Waals surface area (Å²) >= 11 is 0. The van der Waals surface area contributed by atoms with Crippen LogP contribution < -0.4 is 4.74 Å². The number of carbonyl (C=O) groups excluding carboxylic acids is 1. The highest BCUT2D eigenvalue weighted by atomic mass is 16.5. The number of amides is 1. The molecule has 2 heterocycles. The van der Waals surface area contributed by atoms with Gasteiger partial charge in [0.1, 0.15) is 5.75 Å². The van der Waals surface area contributed by atoms with E-state index in [0.29, 0.717) is 6.61 Å². The number of rotatable bonds is 2. The van der Waals surface area contributed by atoms with E-state index in [1.54, 1.807) is 7.11 Å². The number of benzene rings is 1. The van der Waals surface area contributed by atoms with Crippen LogP contribution in [0.15, 0.2) is 18.2 Å². The molecule has 3 rings (SSSR count). The summed E-state index contributed by atoms with van der Waals surface area (Å²) in [5, 5.41) is 0. The first-order chi connectivity index (χ1) is 8.69. The first-order valence-electron chi connectivity index (χ1n) is 6.26. The second-order valence-electron chi connectivity index (χ2n) is 4.98. The van der Waals surface area contributed by atoms with Crippen LogP contribution in [0.25, 0.3) is 0 Å². The van der Waals surface area contributed by atoms with Gasteiger partial charge in [0.2, 0.25) is 0 Å². The summed E-state index contributed by atoms with van der Waals surface area (Å²) in [5.41, 5.74) is 1.73. The molecule has 0 aliphatic carbocycles. The number of carbonyl (C=O) groups is 1. The van der Waals surface area contributed by atoms with Gasteiger partial charge in [-0.05, 0) is 37.1 Å². The first-order valence-corrected chi connectivity index (χ1v) is 6.26. The predicted octanol–water partition coefficient (Wildman–Crippen LogP) is 1.62. The molecule has 2 fully saturated rings. The number of methoxy groups -OCH3 is 1. The highest BCUT2D eigenvalue weighted by Gasteiger charge is 2.41. The Hall–Kier alpha value is -1.55. The fraction of sp³-hybridized carbons (Fsp3) is 0.500. The smallest absolute Gasteiger partial charge is 0.254 e. The van der Waals surface area contributed by atoms with E-state index >= 15 is 0 Å². The van der Waals surface area contributed by atoms with Crippen LogP contribution in [0.5, 0.6) is 5.75 Å². The Bertz CT molecular complexity index is 486. The molecule has 2 saturated heterocycles. The van der Waals surface area contributed by atoms with E-state index in [4.69, 9.17) is 9.47 Å². The van der Waals surface area contributed by atoms with Crippen LogP contribution in [0.4, 0.5) is 0 Å². The number of likely N-dealkylation sites (tertiary alicyclic amines) is 1. The minimum Gasteiger partial charge on any atom is -0.497 e. The van der Waals surface area contributed by atoms with Crippen molar-refractivity contribution in [2.45, 2.75) is 25.5 Å². The SMILES string of the molecule is COc1ccc(C(=O)N2C[C@H]3C[C@H]2CO3)c(C)c1. The Morgan fingerprint density at radius 3 is 2.89 bits per heavy atom. The van der Waals surface area contributed by atoms with Gasteiger partial charge in [0.25, 0.3) is 5.91 Å². The summed E-state index contributed by atoms with van der Waals surface area (Å²) in [6.07, 6.45) is 1.23. The number of aryl methyl sites for hydroxylation is 1. The van der Waals surface area contributed by atoms with Crippen LogP contribution in [0.1, 0.15) is 22.3 Å². The summed E-state index contributed by atoms with van der Waals surface area (Å²) in [7, 11) is 1.63. The van der Waals surface area contributed by atoms with Crippen LogP contribution in [0.3, 0.4) is 0 Å². The van der Waals surface area contributed by atoms with Gasteiger partial charge in [-0.3, -0.25) is 4.79 Å². The number of hydrogen-bond acceptors (Lipinski definition) is 3. The lowest BCUT2D eigenvalue weighted by Crippen LogP contribution is -2.41. The maximum Gasteiger partial charge on any atom is 0.254 e. The number of hydrogen-bond donors (Lipinski definition) is 0. The van der Waals surface area contributed by atoms with E-state index in [2.05, 4.69) is 0 Å². The molecule has 96 valence electrons. The second-order valence-corrected chi connectivity index (χ2v) is 4.98. The molecular weight excluding hydrogens is 230 g/mol. The van der Waals surface area contributed by atoms with Crippen molar-refractivity contribution in [3.8, 4) is 5.75 Å². The molecule has 0 unspecified atom stereocenters. The minimum atomic E-state index is 0.117. The van der Waals surface area contributed by atoms with Crippen molar-refractivity contribution in [3.05, 3.63) is 29.3 Å². The summed E-state index contributed by atoms with van der Waals surface area (Å²) < 4.78 is 10.7. The van der Waals surface area contributed by atoms with Crippen molar-refractivity contribution in [2.24, 2.45) is 0 Å². The molecule has 0 radical (unpaired) electrons. The van der Waals surface area contributed by atoms with Gasteiger partial charge in [0.15, 0.2) is 0 Å². The number of fused-ring (bicyclic) bond motifs is 2. The summed E-state index contributed by atoms with van der Waals surface area (Å²) in [6, 6.07) is 5.86. The quantitative estimate of drug-likeness (QED) is 0.797. The predicted molar refractivity (Wildman–Crippen MR) is 66.9 cm³/mol. The molecule has 0 N–H and O–H groups in total. The molecule has 0 spiro atoms. The first kappa shape index (κ1) is 11.5. The zero-order valence-corrected chi connectivity index (χ0v) is 10.7. The normalized spacial score (nSPS) is 25.6. The summed E-state index contributed by atoms with van der Waals surface area (Å²) in [5.74, 6) is 0.904. The van der Waals surface area contributed by atoms with Crippen molar-refractivity contribution in [3.63, 3.8) is 0 Å². The fourth-order valence-electron chi connectivity index (χ4n) is 2.81. The van der Waals surface area contributed by atoms with E-state index in [1.165, 1.54) is 0 Å².